The minimum Gasteiger partial charge on any atom is -0.487 e. The van der Waals surface area contributed by atoms with Gasteiger partial charge in [0.15, 0.2) is 5.76 Å². The number of carbonyl (C=O) groups is 1. The molecular weight excluding hydrogens is 671 g/mol. The number of benzene rings is 2. The van der Waals surface area contributed by atoms with E-state index in [2.05, 4.69) is 87.5 Å². The molecule has 1 amide bonds. The molecule has 0 saturated carbocycles. The molecule has 0 aliphatic carbocycles. The number of ether oxygens (including phenoxy) is 1. The quantitative estimate of drug-likeness (QED) is 0.137. The van der Waals surface area contributed by atoms with Crippen LogP contribution in [0, 0.1) is 3.57 Å². The fourth-order valence-corrected chi connectivity index (χ4v) is 5.45. The summed E-state index contributed by atoms with van der Waals surface area (Å²) in [4.78, 5) is 12.3. The fourth-order valence-electron chi connectivity index (χ4n) is 2.34. The maximum Gasteiger partial charge on any atom is 0.307 e. The minimum absolute atomic E-state index is 0.193. The molecule has 3 rings (SSSR count). The lowest BCUT2D eigenvalue weighted by molar-refractivity contribution is 0.0929. The molecule has 5 nitrogen and oxygen atoms in total. The van der Waals surface area contributed by atoms with E-state index >= 15 is 0 Å². The zero-order valence-corrected chi connectivity index (χ0v) is 21.1. The van der Waals surface area contributed by atoms with Crippen molar-refractivity contribution in [2.45, 2.75) is 0 Å². The van der Waals surface area contributed by atoms with Gasteiger partial charge in [-0.3, -0.25) is 4.79 Å². The number of hydrogen-bond donors (Lipinski definition) is 1. The van der Waals surface area contributed by atoms with Gasteiger partial charge in [0, 0.05) is 9.86 Å². The SMILES string of the molecule is C=CCOc1c(Br)cc(/C=N/NC(=O)c2cc3cc(Br)cc(I)c3o2)cc1Br. The molecular formula is C19H12Br3IN2O3. The van der Waals surface area contributed by atoms with E-state index in [4.69, 9.17) is 9.15 Å². The lowest BCUT2D eigenvalue weighted by atomic mass is 10.2. The molecule has 0 aliphatic heterocycles. The highest BCUT2D eigenvalue weighted by Crippen LogP contribution is 2.34. The van der Waals surface area contributed by atoms with Crippen molar-refractivity contribution in [1.82, 2.24) is 5.43 Å². The van der Waals surface area contributed by atoms with E-state index in [0.717, 1.165) is 27.9 Å². The molecule has 1 heterocycles. The molecule has 0 spiro atoms. The van der Waals surface area contributed by atoms with Crippen molar-refractivity contribution in [3.63, 3.8) is 0 Å². The predicted molar refractivity (Wildman–Crippen MR) is 129 cm³/mol. The van der Waals surface area contributed by atoms with Crippen molar-refractivity contribution in [1.29, 1.82) is 0 Å². The van der Waals surface area contributed by atoms with E-state index in [9.17, 15) is 4.79 Å². The Morgan fingerprint density at radius 3 is 2.61 bits per heavy atom. The number of nitrogens with one attached hydrogen (secondary N) is 1. The Balaban J connectivity index is 1.73. The van der Waals surface area contributed by atoms with Gasteiger partial charge in [-0.25, -0.2) is 5.43 Å². The number of hydrogen-bond acceptors (Lipinski definition) is 4. The first-order valence-electron chi connectivity index (χ1n) is 7.83. The Morgan fingerprint density at radius 2 is 1.93 bits per heavy atom. The van der Waals surface area contributed by atoms with Crippen LogP contribution < -0.4 is 10.2 Å². The Labute approximate surface area is 200 Å². The number of rotatable bonds is 6. The number of carbonyl (C=O) groups excluding carboxylic acids is 1. The number of hydrazone groups is 1. The summed E-state index contributed by atoms with van der Waals surface area (Å²) in [6.45, 7) is 4.03. The van der Waals surface area contributed by atoms with Crippen LogP contribution in [0.1, 0.15) is 16.1 Å². The number of fused-ring (bicyclic) bond motifs is 1. The van der Waals surface area contributed by atoms with Crippen molar-refractivity contribution >= 4 is 93.5 Å². The van der Waals surface area contributed by atoms with Gasteiger partial charge in [-0.1, -0.05) is 28.6 Å². The molecule has 3 aromatic rings. The summed E-state index contributed by atoms with van der Waals surface area (Å²) in [5.41, 5.74) is 3.92. The standard InChI is InChI=1S/C19H12Br3IN2O3/c1-2-3-27-18-13(21)4-10(5-14(18)22)9-24-25-19(26)16-7-11-6-12(20)8-15(23)17(11)28-16/h2,4-9H,1,3H2,(H,25,26)/b24-9+. The first-order valence-corrected chi connectivity index (χ1v) is 11.3. The van der Waals surface area contributed by atoms with Crippen molar-refractivity contribution in [2.75, 3.05) is 6.61 Å². The minimum atomic E-state index is -0.427. The molecule has 0 saturated heterocycles. The predicted octanol–water partition coefficient (Wildman–Crippen LogP) is 6.65. The largest absolute Gasteiger partial charge is 0.487 e. The zero-order chi connectivity index (χ0) is 20.3. The molecule has 0 bridgehead atoms. The van der Waals surface area contributed by atoms with E-state index in [1.165, 1.54) is 6.21 Å². The molecule has 0 aliphatic rings. The molecule has 28 heavy (non-hydrogen) atoms. The molecule has 0 fully saturated rings. The average Bonchev–Trinajstić information content (AvgIpc) is 3.05. The second-order valence-electron chi connectivity index (χ2n) is 5.53. The third-order valence-electron chi connectivity index (χ3n) is 3.51. The lowest BCUT2D eigenvalue weighted by Crippen LogP contribution is -2.16. The molecule has 0 unspecified atom stereocenters. The summed E-state index contributed by atoms with van der Waals surface area (Å²) in [6, 6.07) is 9.17. The van der Waals surface area contributed by atoms with Crippen LogP contribution in [0.4, 0.5) is 0 Å². The van der Waals surface area contributed by atoms with Crippen LogP contribution in [-0.2, 0) is 0 Å². The second-order valence-corrected chi connectivity index (χ2v) is 9.32. The molecule has 0 atom stereocenters. The van der Waals surface area contributed by atoms with Gasteiger partial charge in [0.1, 0.15) is 17.9 Å². The van der Waals surface area contributed by atoms with Crippen LogP contribution in [0.3, 0.4) is 0 Å². The van der Waals surface area contributed by atoms with Crippen LogP contribution in [0.2, 0.25) is 0 Å². The summed E-state index contributed by atoms with van der Waals surface area (Å²) in [7, 11) is 0. The Morgan fingerprint density at radius 1 is 1.21 bits per heavy atom. The third kappa shape index (κ3) is 5.05. The number of nitrogens with zero attached hydrogens (tertiary/aromatic N) is 1. The van der Waals surface area contributed by atoms with Crippen molar-refractivity contribution in [3.8, 4) is 5.75 Å². The van der Waals surface area contributed by atoms with Crippen LogP contribution in [0.15, 0.2) is 65.9 Å². The van der Waals surface area contributed by atoms with Crippen LogP contribution in [0.5, 0.6) is 5.75 Å². The van der Waals surface area contributed by atoms with Gasteiger partial charge < -0.3 is 9.15 Å². The number of furan rings is 1. The van der Waals surface area contributed by atoms with Crippen molar-refractivity contribution in [3.05, 3.63) is 71.3 Å². The smallest absolute Gasteiger partial charge is 0.307 e. The maximum atomic E-state index is 12.3. The lowest BCUT2D eigenvalue weighted by Gasteiger charge is -2.09. The summed E-state index contributed by atoms with van der Waals surface area (Å²) in [6.07, 6.45) is 3.20. The molecule has 9 heteroatoms. The Bertz CT molecular complexity index is 1070. The van der Waals surface area contributed by atoms with Crippen molar-refractivity contribution in [2.24, 2.45) is 5.10 Å². The van der Waals surface area contributed by atoms with Crippen LogP contribution >= 0.6 is 70.4 Å². The highest BCUT2D eigenvalue weighted by Gasteiger charge is 2.14. The van der Waals surface area contributed by atoms with E-state index in [1.54, 1.807) is 12.1 Å². The number of halogens is 4. The average molecular weight is 683 g/mol. The summed E-state index contributed by atoms with van der Waals surface area (Å²) in [5.74, 6) is 0.436. The van der Waals surface area contributed by atoms with E-state index in [1.807, 2.05) is 24.3 Å². The van der Waals surface area contributed by atoms with Gasteiger partial charge in [-0.05, 0) is 90.3 Å². The molecule has 1 aromatic heterocycles. The second kappa shape index (κ2) is 9.55. The molecule has 1 N–H and O–H groups in total. The fraction of sp³-hybridized carbons (Fsp3) is 0.0526. The maximum absolute atomic E-state index is 12.3. The normalized spacial score (nSPS) is 11.1. The summed E-state index contributed by atoms with van der Waals surface area (Å²) < 4.78 is 14.6. The first kappa shape index (κ1) is 21.5. The molecule has 144 valence electrons. The summed E-state index contributed by atoms with van der Waals surface area (Å²) >= 11 is 12.5. The van der Waals surface area contributed by atoms with Gasteiger partial charge in [-0.15, -0.1) is 0 Å². The topological polar surface area (TPSA) is 63.8 Å². The Hall–Kier alpha value is -1.17. The van der Waals surface area contributed by atoms with Gasteiger partial charge in [0.2, 0.25) is 0 Å². The van der Waals surface area contributed by atoms with Crippen molar-refractivity contribution < 1.29 is 13.9 Å². The highest BCUT2D eigenvalue weighted by molar-refractivity contribution is 14.1. The van der Waals surface area contributed by atoms with Crippen LogP contribution in [0.25, 0.3) is 11.0 Å². The van der Waals surface area contributed by atoms with Gasteiger partial charge in [0.05, 0.1) is 18.7 Å². The number of amides is 1. The zero-order valence-electron chi connectivity index (χ0n) is 14.1. The van der Waals surface area contributed by atoms with E-state index in [0.29, 0.717) is 17.9 Å². The Kier molecular flexibility index (Phi) is 7.35. The van der Waals surface area contributed by atoms with Gasteiger partial charge in [-0.2, -0.15) is 5.10 Å². The first-order chi connectivity index (χ1) is 13.4. The monoisotopic (exact) mass is 680 g/mol. The van der Waals surface area contributed by atoms with E-state index in [-0.39, 0.29) is 5.76 Å². The van der Waals surface area contributed by atoms with Crippen LogP contribution in [-0.4, -0.2) is 18.7 Å². The molecule has 2 aromatic carbocycles. The van der Waals surface area contributed by atoms with Gasteiger partial charge in [0.25, 0.3) is 0 Å². The highest BCUT2D eigenvalue weighted by atomic mass is 127. The molecule has 0 radical (unpaired) electrons. The third-order valence-corrected chi connectivity index (χ3v) is 5.94. The van der Waals surface area contributed by atoms with E-state index < -0.39 is 5.91 Å². The van der Waals surface area contributed by atoms with Gasteiger partial charge >= 0.3 is 5.91 Å². The summed E-state index contributed by atoms with van der Waals surface area (Å²) in [5, 5.41) is 4.85.